The molecule has 0 radical (unpaired) electrons. The molecule has 4 heteroatoms. The van der Waals surface area contributed by atoms with Gasteiger partial charge in [-0.3, -0.25) is 9.80 Å². The summed E-state index contributed by atoms with van der Waals surface area (Å²) in [6, 6.07) is 6.40. The van der Waals surface area contributed by atoms with Gasteiger partial charge in [-0.25, -0.2) is 0 Å². The van der Waals surface area contributed by atoms with Gasteiger partial charge in [0.1, 0.15) is 5.75 Å². The predicted octanol–water partition coefficient (Wildman–Crippen LogP) is 1.11. The Bertz CT molecular complexity index is 401. The van der Waals surface area contributed by atoms with Gasteiger partial charge in [-0.15, -0.1) is 0 Å². The molecule has 1 heterocycles. The lowest BCUT2D eigenvalue weighted by Gasteiger charge is -2.34. The Labute approximate surface area is 115 Å². The van der Waals surface area contributed by atoms with E-state index >= 15 is 0 Å². The van der Waals surface area contributed by atoms with Gasteiger partial charge in [0.05, 0.1) is 13.7 Å². The van der Waals surface area contributed by atoms with Crippen LogP contribution >= 0.6 is 0 Å². The number of hydrogen-bond acceptors (Lipinski definition) is 4. The van der Waals surface area contributed by atoms with Gasteiger partial charge in [0.25, 0.3) is 0 Å². The van der Waals surface area contributed by atoms with Gasteiger partial charge in [0.15, 0.2) is 0 Å². The van der Waals surface area contributed by atoms with Gasteiger partial charge in [0.2, 0.25) is 0 Å². The molecule has 1 saturated heterocycles. The largest absolute Gasteiger partial charge is 0.496 e. The van der Waals surface area contributed by atoms with E-state index in [9.17, 15) is 0 Å². The highest BCUT2D eigenvalue weighted by Crippen LogP contribution is 2.19. The first-order chi connectivity index (χ1) is 9.22. The molecule has 1 aromatic rings. The van der Waals surface area contributed by atoms with E-state index in [1.54, 1.807) is 7.11 Å². The van der Waals surface area contributed by atoms with Crippen LogP contribution < -0.4 is 4.74 Å². The Hall–Kier alpha value is -1.10. The van der Waals surface area contributed by atoms with E-state index in [1.807, 2.05) is 6.07 Å². The summed E-state index contributed by atoms with van der Waals surface area (Å²) in [5, 5.41) is 8.93. The maximum absolute atomic E-state index is 8.93. The average Bonchev–Trinajstić information content (AvgIpc) is 2.42. The van der Waals surface area contributed by atoms with E-state index in [1.165, 1.54) is 11.1 Å². The number of benzene rings is 1. The number of aliphatic hydroxyl groups excluding tert-OH is 1. The van der Waals surface area contributed by atoms with Gasteiger partial charge in [-0.05, 0) is 24.1 Å². The third-order valence-corrected chi connectivity index (χ3v) is 3.75. The van der Waals surface area contributed by atoms with Crippen LogP contribution in [0.3, 0.4) is 0 Å². The van der Waals surface area contributed by atoms with Crippen molar-refractivity contribution in [3.63, 3.8) is 0 Å². The number of β-amino-alcohol motifs (C(OH)–C–C–N with tert-alkyl or cyclic N) is 1. The Kier molecular flexibility index (Phi) is 5.19. The summed E-state index contributed by atoms with van der Waals surface area (Å²) in [5.41, 5.74) is 2.54. The number of ether oxygens (including phenoxy) is 1. The fraction of sp³-hybridized carbons (Fsp3) is 0.600. The van der Waals surface area contributed by atoms with Gasteiger partial charge in [-0.1, -0.05) is 12.1 Å². The van der Waals surface area contributed by atoms with Gasteiger partial charge >= 0.3 is 0 Å². The molecule has 0 spiro atoms. The minimum absolute atomic E-state index is 0.262. The van der Waals surface area contributed by atoms with Crippen molar-refractivity contribution in [2.45, 2.75) is 13.5 Å². The maximum Gasteiger partial charge on any atom is 0.121 e. The van der Waals surface area contributed by atoms with E-state index in [0.717, 1.165) is 45.0 Å². The number of aliphatic hydroxyl groups is 1. The van der Waals surface area contributed by atoms with Gasteiger partial charge in [0, 0.05) is 39.3 Å². The standard InChI is InChI=1S/C15H24N2O2/c1-13-11-14(3-4-15(13)19-2)12-17-7-5-16(6-8-17)9-10-18/h3-4,11,18H,5-10,12H2,1-2H3. The van der Waals surface area contributed by atoms with Crippen molar-refractivity contribution in [3.8, 4) is 5.75 Å². The van der Waals surface area contributed by atoms with Gasteiger partial charge in [-0.2, -0.15) is 0 Å². The number of nitrogens with zero attached hydrogens (tertiary/aromatic N) is 2. The van der Waals surface area contributed by atoms with E-state index in [0.29, 0.717) is 0 Å². The van der Waals surface area contributed by atoms with E-state index < -0.39 is 0 Å². The third kappa shape index (κ3) is 3.93. The van der Waals surface area contributed by atoms with Crippen LogP contribution in [0.15, 0.2) is 18.2 Å². The molecule has 1 aliphatic heterocycles. The highest BCUT2D eigenvalue weighted by atomic mass is 16.5. The molecule has 1 aliphatic rings. The second-order valence-electron chi connectivity index (χ2n) is 5.15. The Morgan fingerprint density at radius 1 is 1.16 bits per heavy atom. The average molecular weight is 264 g/mol. The lowest BCUT2D eigenvalue weighted by Crippen LogP contribution is -2.46. The van der Waals surface area contributed by atoms with Gasteiger partial charge < -0.3 is 9.84 Å². The summed E-state index contributed by atoms with van der Waals surface area (Å²) in [6.07, 6.45) is 0. The van der Waals surface area contributed by atoms with Crippen molar-refractivity contribution in [1.82, 2.24) is 9.80 Å². The van der Waals surface area contributed by atoms with Crippen LogP contribution in [-0.4, -0.2) is 61.3 Å². The zero-order valence-electron chi connectivity index (χ0n) is 11.9. The summed E-state index contributed by atoms with van der Waals surface area (Å²) in [6.45, 7) is 8.40. The maximum atomic E-state index is 8.93. The third-order valence-electron chi connectivity index (χ3n) is 3.75. The van der Waals surface area contributed by atoms with E-state index in [2.05, 4.69) is 28.9 Å². The summed E-state index contributed by atoms with van der Waals surface area (Å²) in [5.74, 6) is 0.955. The van der Waals surface area contributed by atoms with Crippen molar-refractivity contribution >= 4 is 0 Å². The molecule has 4 nitrogen and oxygen atoms in total. The molecular weight excluding hydrogens is 240 g/mol. The molecule has 1 N–H and O–H groups in total. The minimum Gasteiger partial charge on any atom is -0.496 e. The Morgan fingerprint density at radius 2 is 1.84 bits per heavy atom. The molecular formula is C15H24N2O2. The normalized spacial score (nSPS) is 17.6. The number of piperazine rings is 1. The zero-order valence-corrected chi connectivity index (χ0v) is 11.9. The highest BCUT2D eigenvalue weighted by Gasteiger charge is 2.16. The molecule has 0 aromatic heterocycles. The molecule has 0 saturated carbocycles. The highest BCUT2D eigenvalue weighted by molar-refractivity contribution is 5.36. The first kappa shape index (κ1) is 14.3. The van der Waals surface area contributed by atoms with E-state index in [-0.39, 0.29) is 6.61 Å². The van der Waals surface area contributed by atoms with Crippen molar-refractivity contribution in [3.05, 3.63) is 29.3 Å². The second-order valence-corrected chi connectivity index (χ2v) is 5.15. The van der Waals surface area contributed by atoms with E-state index in [4.69, 9.17) is 9.84 Å². The van der Waals surface area contributed by atoms with Crippen LogP contribution in [0.4, 0.5) is 0 Å². The minimum atomic E-state index is 0.262. The fourth-order valence-corrected chi connectivity index (χ4v) is 2.61. The summed E-state index contributed by atoms with van der Waals surface area (Å²) < 4.78 is 5.29. The van der Waals surface area contributed by atoms with Crippen molar-refractivity contribution < 1.29 is 9.84 Å². The molecule has 1 aromatic carbocycles. The number of rotatable bonds is 5. The van der Waals surface area contributed by atoms with Crippen LogP contribution in [0, 0.1) is 6.92 Å². The van der Waals surface area contributed by atoms with Crippen LogP contribution in [0.25, 0.3) is 0 Å². The Morgan fingerprint density at radius 3 is 2.42 bits per heavy atom. The summed E-state index contributed by atoms with van der Waals surface area (Å²) in [7, 11) is 1.71. The molecule has 2 rings (SSSR count). The molecule has 0 bridgehead atoms. The zero-order chi connectivity index (χ0) is 13.7. The van der Waals surface area contributed by atoms with Crippen molar-refractivity contribution in [2.24, 2.45) is 0 Å². The van der Waals surface area contributed by atoms with Crippen LogP contribution in [-0.2, 0) is 6.54 Å². The lowest BCUT2D eigenvalue weighted by atomic mass is 10.1. The Balaban J connectivity index is 1.87. The van der Waals surface area contributed by atoms with Crippen molar-refractivity contribution in [1.29, 1.82) is 0 Å². The molecule has 1 fully saturated rings. The molecule has 0 amide bonds. The predicted molar refractivity (Wildman–Crippen MR) is 76.5 cm³/mol. The topological polar surface area (TPSA) is 35.9 Å². The molecule has 0 aliphatic carbocycles. The molecule has 0 atom stereocenters. The lowest BCUT2D eigenvalue weighted by molar-refractivity contribution is 0.108. The second kappa shape index (κ2) is 6.89. The smallest absolute Gasteiger partial charge is 0.121 e. The molecule has 0 unspecified atom stereocenters. The SMILES string of the molecule is COc1ccc(CN2CCN(CCO)CC2)cc1C. The molecule has 19 heavy (non-hydrogen) atoms. The van der Waals surface area contributed by atoms with Crippen LogP contribution in [0.5, 0.6) is 5.75 Å². The quantitative estimate of drug-likeness (QED) is 0.864. The molecule has 106 valence electrons. The number of aryl methyl sites for hydroxylation is 1. The fourth-order valence-electron chi connectivity index (χ4n) is 2.61. The van der Waals surface area contributed by atoms with Crippen LogP contribution in [0.2, 0.25) is 0 Å². The summed E-state index contributed by atoms with van der Waals surface area (Å²) >= 11 is 0. The number of methoxy groups -OCH3 is 1. The first-order valence-electron chi connectivity index (χ1n) is 6.92. The first-order valence-corrected chi connectivity index (χ1v) is 6.92. The summed E-state index contributed by atoms with van der Waals surface area (Å²) in [4.78, 5) is 4.78. The number of hydrogen-bond donors (Lipinski definition) is 1. The van der Waals surface area contributed by atoms with Crippen LogP contribution in [0.1, 0.15) is 11.1 Å². The van der Waals surface area contributed by atoms with Crippen molar-refractivity contribution in [2.75, 3.05) is 46.4 Å². The monoisotopic (exact) mass is 264 g/mol.